The zero-order valence-electron chi connectivity index (χ0n) is 13.3. The van der Waals surface area contributed by atoms with Crippen LogP contribution in [0.25, 0.3) is 33.2 Å². The number of nitrogens with zero attached hydrogens (tertiary/aromatic N) is 2. The zero-order chi connectivity index (χ0) is 16.6. The molecule has 0 aliphatic rings. The first-order valence-corrected chi connectivity index (χ1v) is 8.11. The third kappa shape index (κ3) is 2.42. The molecule has 0 amide bonds. The van der Waals surface area contributed by atoms with Gasteiger partial charge in [0.25, 0.3) is 0 Å². The van der Waals surface area contributed by atoms with Gasteiger partial charge in [0.2, 0.25) is 0 Å². The topological polar surface area (TPSA) is 69.4 Å². The minimum atomic E-state index is 0.699. The predicted octanol–water partition coefficient (Wildman–Crippen LogP) is 4.85. The van der Waals surface area contributed by atoms with E-state index in [9.17, 15) is 0 Å². The van der Waals surface area contributed by atoms with Gasteiger partial charge in [0.05, 0.1) is 5.52 Å². The predicted molar refractivity (Wildman–Crippen MR) is 101 cm³/mol. The standard InChI is InChI=1S/C20H15N5/c1-2-4-18-16(3-1)20(25-19(24-18)14-7-9-21-12-14)23-15-5-6-17-13(11-15)8-10-22-17/h1-12,21-22H,(H,23,24,25). The molecule has 0 saturated carbocycles. The van der Waals surface area contributed by atoms with Gasteiger partial charge in [0.1, 0.15) is 5.82 Å². The molecule has 0 bridgehead atoms. The molecule has 5 rings (SSSR count). The van der Waals surface area contributed by atoms with Crippen LogP contribution in [-0.4, -0.2) is 19.9 Å². The number of anilines is 2. The van der Waals surface area contributed by atoms with Crippen LogP contribution >= 0.6 is 0 Å². The molecule has 3 heterocycles. The molecule has 3 aromatic heterocycles. The van der Waals surface area contributed by atoms with Crippen molar-refractivity contribution in [2.24, 2.45) is 0 Å². The lowest BCUT2D eigenvalue weighted by atomic mass is 10.2. The first kappa shape index (κ1) is 13.8. The van der Waals surface area contributed by atoms with Crippen molar-refractivity contribution in [2.75, 3.05) is 5.32 Å². The highest BCUT2D eigenvalue weighted by molar-refractivity contribution is 5.93. The molecule has 0 unspecified atom stereocenters. The van der Waals surface area contributed by atoms with E-state index in [1.165, 1.54) is 0 Å². The molecule has 0 atom stereocenters. The molecule has 0 aliphatic carbocycles. The first-order valence-electron chi connectivity index (χ1n) is 8.11. The molecule has 0 aliphatic heterocycles. The van der Waals surface area contributed by atoms with Gasteiger partial charge in [-0.05, 0) is 42.5 Å². The largest absolute Gasteiger partial charge is 0.367 e. The number of aromatic nitrogens is 4. The Kier molecular flexibility index (Phi) is 3.03. The lowest BCUT2D eigenvalue weighted by Gasteiger charge is -2.10. The van der Waals surface area contributed by atoms with Gasteiger partial charge in [-0.1, -0.05) is 12.1 Å². The Bertz CT molecular complexity index is 1170. The second-order valence-corrected chi connectivity index (χ2v) is 5.92. The van der Waals surface area contributed by atoms with Crippen LogP contribution in [0.1, 0.15) is 0 Å². The van der Waals surface area contributed by atoms with Crippen molar-refractivity contribution in [3.8, 4) is 11.4 Å². The van der Waals surface area contributed by atoms with E-state index < -0.39 is 0 Å². The number of hydrogen-bond donors (Lipinski definition) is 3. The highest BCUT2D eigenvalue weighted by atomic mass is 15.0. The molecule has 0 radical (unpaired) electrons. The van der Waals surface area contributed by atoms with E-state index in [4.69, 9.17) is 4.98 Å². The second kappa shape index (κ2) is 5.49. The summed E-state index contributed by atoms with van der Waals surface area (Å²) in [7, 11) is 0. The maximum Gasteiger partial charge on any atom is 0.163 e. The number of fused-ring (bicyclic) bond motifs is 2. The van der Waals surface area contributed by atoms with Crippen LogP contribution in [0.15, 0.2) is 73.2 Å². The van der Waals surface area contributed by atoms with Crippen molar-refractivity contribution in [3.63, 3.8) is 0 Å². The summed E-state index contributed by atoms with van der Waals surface area (Å²) >= 11 is 0. The monoisotopic (exact) mass is 325 g/mol. The summed E-state index contributed by atoms with van der Waals surface area (Å²) in [5.74, 6) is 1.50. The Morgan fingerprint density at radius 2 is 1.84 bits per heavy atom. The fourth-order valence-electron chi connectivity index (χ4n) is 3.03. The number of rotatable bonds is 3. The van der Waals surface area contributed by atoms with Crippen LogP contribution in [0, 0.1) is 0 Å². The summed E-state index contributed by atoms with van der Waals surface area (Å²) in [5.41, 5.74) is 4.00. The van der Waals surface area contributed by atoms with Crippen LogP contribution < -0.4 is 5.32 Å². The maximum absolute atomic E-state index is 4.76. The summed E-state index contributed by atoms with van der Waals surface area (Å²) in [4.78, 5) is 15.7. The third-order valence-corrected chi connectivity index (χ3v) is 4.28. The summed E-state index contributed by atoms with van der Waals surface area (Å²) in [6.45, 7) is 0. The van der Waals surface area contributed by atoms with Crippen molar-refractivity contribution in [2.45, 2.75) is 0 Å². The highest BCUT2D eigenvalue weighted by Crippen LogP contribution is 2.28. The Balaban J connectivity index is 1.65. The molecule has 25 heavy (non-hydrogen) atoms. The van der Waals surface area contributed by atoms with Crippen molar-refractivity contribution >= 4 is 33.3 Å². The van der Waals surface area contributed by atoms with Gasteiger partial charge in [0.15, 0.2) is 5.82 Å². The van der Waals surface area contributed by atoms with Gasteiger partial charge < -0.3 is 15.3 Å². The SMILES string of the molecule is c1ccc2c(Nc3ccc4[nH]ccc4c3)nc(-c3cc[nH]c3)nc2c1. The summed E-state index contributed by atoms with van der Waals surface area (Å²) in [6.07, 6.45) is 5.72. The molecule has 120 valence electrons. The molecule has 5 aromatic rings. The molecular weight excluding hydrogens is 310 g/mol. The van der Waals surface area contributed by atoms with Crippen LogP contribution in [-0.2, 0) is 0 Å². The van der Waals surface area contributed by atoms with E-state index in [0.29, 0.717) is 5.82 Å². The second-order valence-electron chi connectivity index (χ2n) is 5.92. The van der Waals surface area contributed by atoms with E-state index in [2.05, 4.69) is 38.5 Å². The van der Waals surface area contributed by atoms with Gasteiger partial charge in [-0.2, -0.15) is 0 Å². The molecule has 5 heteroatoms. The van der Waals surface area contributed by atoms with Crippen LogP contribution in [0.4, 0.5) is 11.5 Å². The highest BCUT2D eigenvalue weighted by Gasteiger charge is 2.10. The average molecular weight is 325 g/mol. The van der Waals surface area contributed by atoms with Crippen molar-refractivity contribution in [1.29, 1.82) is 0 Å². The number of aromatic amines is 2. The fraction of sp³-hybridized carbons (Fsp3) is 0. The summed E-state index contributed by atoms with van der Waals surface area (Å²) in [5, 5.41) is 5.61. The number of hydrogen-bond acceptors (Lipinski definition) is 3. The minimum absolute atomic E-state index is 0.699. The summed E-state index contributed by atoms with van der Waals surface area (Å²) < 4.78 is 0. The summed E-state index contributed by atoms with van der Waals surface area (Å²) in [6, 6.07) is 18.3. The van der Waals surface area contributed by atoms with Gasteiger partial charge >= 0.3 is 0 Å². The lowest BCUT2D eigenvalue weighted by molar-refractivity contribution is 1.22. The van der Waals surface area contributed by atoms with E-state index in [0.717, 1.165) is 38.9 Å². The van der Waals surface area contributed by atoms with E-state index in [-0.39, 0.29) is 0 Å². The molecular formula is C20H15N5. The molecule has 5 nitrogen and oxygen atoms in total. The smallest absolute Gasteiger partial charge is 0.163 e. The fourth-order valence-corrected chi connectivity index (χ4v) is 3.03. The Morgan fingerprint density at radius 1 is 0.880 bits per heavy atom. The van der Waals surface area contributed by atoms with Gasteiger partial charge in [0, 0.05) is 46.1 Å². The quantitative estimate of drug-likeness (QED) is 0.444. The van der Waals surface area contributed by atoms with Crippen molar-refractivity contribution in [3.05, 3.63) is 73.2 Å². The van der Waals surface area contributed by atoms with Crippen LogP contribution in [0.3, 0.4) is 0 Å². The number of para-hydroxylation sites is 1. The number of H-pyrrole nitrogens is 2. The Hall–Kier alpha value is -3.60. The molecule has 0 spiro atoms. The average Bonchev–Trinajstić information content (AvgIpc) is 3.33. The van der Waals surface area contributed by atoms with Gasteiger partial charge in [-0.15, -0.1) is 0 Å². The first-order chi connectivity index (χ1) is 12.4. The Labute approximate surface area is 143 Å². The third-order valence-electron chi connectivity index (χ3n) is 4.28. The molecule has 0 saturated heterocycles. The number of benzene rings is 2. The molecule has 0 fully saturated rings. The Morgan fingerprint density at radius 3 is 2.76 bits per heavy atom. The normalized spacial score (nSPS) is 11.2. The van der Waals surface area contributed by atoms with Crippen LogP contribution in [0.2, 0.25) is 0 Å². The zero-order valence-corrected chi connectivity index (χ0v) is 13.3. The molecule has 3 N–H and O–H groups in total. The van der Waals surface area contributed by atoms with E-state index in [1.54, 1.807) is 0 Å². The van der Waals surface area contributed by atoms with Crippen molar-refractivity contribution in [1.82, 2.24) is 19.9 Å². The number of nitrogens with one attached hydrogen (secondary N) is 3. The van der Waals surface area contributed by atoms with Crippen molar-refractivity contribution < 1.29 is 0 Å². The van der Waals surface area contributed by atoms with Crippen LogP contribution in [0.5, 0.6) is 0 Å². The van der Waals surface area contributed by atoms with Gasteiger partial charge in [-0.3, -0.25) is 0 Å². The molecule has 2 aromatic carbocycles. The minimum Gasteiger partial charge on any atom is -0.367 e. The van der Waals surface area contributed by atoms with E-state index in [1.807, 2.05) is 55.0 Å². The lowest BCUT2D eigenvalue weighted by Crippen LogP contribution is -1.99. The maximum atomic E-state index is 4.76. The van der Waals surface area contributed by atoms with E-state index >= 15 is 0 Å². The van der Waals surface area contributed by atoms with Gasteiger partial charge in [-0.25, -0.2) is 9.97 Å².